The lowest BCUT2D eigenvalue weighted by atomic mass is 10.2. The molecule has 2 aromatic rings. The van der Waals surface area contributed by atoms with Crippen LogP contribution in [0.4, 0.5) is 17.2 Å². The van der Waals surface area contributed by atoms with Gasteiger partial charge < -0.3 is 10.6 Å². The van der Waals surface area contributed by atoms with Crippen molar-refractivity contribution in [1.29, 1.82) is 0 Å². The van der Waals surface area contributed by atoms with Gasteiger partial charge in [0.05, 0.1) is 4.92 Å². The van der Waals surface area contributed by atoms with Crippen molar-refractivity contribution in [2.75, 3.05) is 10.6 Å². The number of nitro groups is 1. The van der Waals surface area contributed by atoms with E-state index in [2.05, 4.69) is 15.6 Å². The van der Waals surface area contributed by atoms with Crippen molar-refractivity contribution in [2.24, 2.45) is 0 Å². The summed E-state index contributed by atoms with van der Waals surface area (Å²) < 4.78 is 0. The highest BCUT2D eigenvalue weighted by Crippen LogP contribution is 2.27. The van der Waals surface area contributed by atoms with E-state index < -0.39 is 16.7 Å². The van der Waals surface area contributed by atoms with E-state index in [1.54, 1.807) is 19.1 Å². The first kappa shape index (κ1) is 16.4. The van der Waals surface area contributed by atoms with Crippen LogP contribution in [0.3, 0.4) is 0 Å². The highest BCUT2D eigenvalue weighted by molar-refractivity contribution is 6.43. The fraction of sp³-hybridized carbons (Fsp3) is 0.0714. The second kappa shape index (κ2) is 6.84. The molecule has 2 rings (SSSR count). The number of anilines is 2. The molecule has 0 saturated carbocycles. The summed E-state index contributed by atoms with van der Waals surface area (Å²) in [4.78, 5) is 37.7. The largest absolute Gasteiger partial charge is 0.318 e. The first-order valence-electron chi connectivity index (χ1n) is 6.36. The predicted molar refractivity (Wildman–Crippen MR) is 84.3 cm³/mol. The number of aryl methyl sites for hydroxylation is 1. The molecule has 23 heavy (non-hydrogen) atoms. The van der Waals surface area contributed by atoms with E-state index in [1.807, 2.05) is 0 Å². The molecule has 0 saturated heterocycles. The number of halogens is 1. The molecule has 0 unspecified atom stereocenters. The molecule has 2 N–H and O–H groups in total. The van der Waals surface area contributed by atoms with Crippen LogP contribution < -0.4 is 10.6 Å². The van der Waals surface area contributed by atoms with Crippen molar-refractivity contribution in [1.82, 2.24) is 4.98 Å². The topological polar surface area (TPSA) is 114 Å². The Morgan fingerprint density at radius 1 is 1.22 bits per heavy atom. The number of nitro benzene ring substituents is 1. The van der Waals surface area contributed by atoms with Crippen molar-refractivity contribution in [3.8, 4) is 0 Å². The molecule has 2 amide bonds. The first-order chi connectivity index (χ1) is 10.9. The second-order valence-electron chi connectivity index (χ2n) is 4.50. The van der Waals surface area contributed by atoms with Crippen molar-refractivity contribution >= 4 is 40.6 Å². The van der Waals surface area contributed by atoms with Gasteiger partial charge in [-0.2, -0.15) is 0 Å². The molecule has 118 valence electrons. The quantitative estimate of drug-likeness (QED) is 0.508. The minimum Gasteiger partial charge on any atom is -0.318 e. The molecule has 0 radical (unpaired) electrons. The van der Waals surface area contributed by atoms with Crippen molar-refractivity contribution in [3.63, 3.8) is 0 Å². The average molecular weight is 335 g/mol. The molecule has 0 atom stereocenters. The Morgan fingerprint density at radius 2 is 1.91 bits per heavy atom. The minimum atomic E-state index is -0.980. The molecule has 0 spiro atoms. The molecule has 8 nitrogen and oxygen atoms in total. The van der Waals surface area contributed by atoms with Gasteiger partial charge in [0.25, 0.3) is 5.69 Å². The van der Waals surface area contributed by atoms with Crippen LogP contribution in [0, 0.1) is 17.0 Å². The van der Waals surface area contributed by atoms with Gasteiger partial charge in [0.15, 0.2) is 0 Å². The predicted octanol–water partition coefficient (Wildman–Crippen LogP) is 2.53. The Bertz CT molecular complexity index is 794. The zero-order chi connectivity index (χ0) is 17.0. The van der Waals surface area contributed by atoms with E-state index >= 15 is 0 Å². The number of hydrogen-bond acceptors (Lipinski definition) is 5. The number of hydrogen-bond donors (Lipinski definition) is 2. The maximum atomic E-state index is 11.8. The fourth-order valence-corrected chi connectivity index (χ4v) is 1.89. The lowest BCUT2D eigenvalue weighted by Gasteiger charge is -2.08. The number of amides is 2. The first-order valence-corrected chi connectivity index (χ1v) is 6.74. The Hall–Kier alpha value is -3.00. The molecule has 1 aromatic heterocycles. The molecular weight excluding hydrogens is 324 g/mol. The third-order valence-electron chi connectivity index (χ3n) is 2.85. The number of pyridine rings is 1. The van der Waals surface area contributed by atoms with E-state index in [4.69, 9.17) is 11.6 Å². The summed E-state index contributed by atoms with van der Waals surface area (Å²) in [6.07, 6.45) is 1.48. The Morgan fingerprint density at radius 3 is 2.57 bits per heavy atom. The van der Waals surface area contributed by atoms with E-state index in [-0.39, 0.29) is 22.2 Å². The zero-order valence-electron chi connectivity index (χ0n) is 11.9. The molecule has 0 fully saturated rings. The molecule has 0 bridgehead atoms. The number of nitrogens with one attached hydrogen (secondary N) is 2. The Labute approximate surface area is 135 Å². The number of nitrogens with zero attached hydrogens (tertiary/aromatic N) is 2. The monoisotopic (exact) mass is 334 g/mol. The van der Waals surface area contributed by atoms with Crippen LogP contribution in [0.25, 0.3) is 0 Å². The van der Waals surface area contributed by atoms with Crippen LogP contribution in [0.2, 0.25) is 5.02 Å². The smallest absolute Gasteiger partial charge is 0.315 e. The Balaban J connectivity index is 2.10. The Kier molecular flexibility index (Phi) is 4.87. The van der Waals surface area contributed by atoms with Gasteiger partial charge in [0.1, 0.15) is 10.8 Å². The van der Waals surface area contributed by atoms with Crippen molar-refractivity contribution in [2.45, 2.75) is 6.92 Å². The maximum Gasteiger partial charge on any atom is 0.315 e. The van der Waals surface area contributed by atoms with Gasteiger partial charge in [0, 0.05) is 18.0 Å². The van der Waals surface area contributed by atoms with Gasteiger partial charge in [-0.1, -0.05) is 17.7 Å². The van der Waals surface area contributed by atoms with Crippen LogP contribution in [-0.4, -0.2) is 21.7 Å². The van der Waals surface area contributed by atoms with Gasteiger partial charge in [-0.3, -0.25) is 19.7 Å². The summed E-state index contributed by atoms with van der Waals surface area (Å²) in [6, 6.07) is 7.10. The SMILES string of the molecule is Cc1cccnc1NC(=O)C(=O)Nc1ccc(Cl)c([N+](=O)[O-])c1. The summed E-state index contributed by atoms with van der Waals surface area (Å²) in [7, 11) is 0. The number of carbonyl (C=O) groups excluding carboxylic acids is 2. The van der Waals surface area contributed by atoms with Gasteiger partial charge in [-0.15, -0.1) is 0 Å². The normalized spacial score (nSPS) is 10.0. The summed E-state index contributed by atoms with van der Waals surface area (Å²) >= 11 is 5.67. The van der Waals surface area contributed by atoms with Crippen molar-refractivity contribution in [3.05, 3.63) is 57.2 Å². The van der Waals surface area contributed by atoms with Crippen molar-refractivity contribution < 1.29 is 14.5 Å². The molecule has 1 heterocycles. The van der Waals surface area contributed by atoms with Crippen LogP contribution in [0.5, 0.6) is 0 Å². The molecule has 9 heteroatoms. The molecular formula is C14H11ClN4O4. The summed E-state index contributed by atoms with van der Waals surface area (Å²) in [6.45, 7) is 1.73. The van der Waals surface area contributed by atoms with E-state index in [0.29, 0.717) is 5.56 Å². The minimum absolute atomic E-state index is 0.0680. The summed E-state index contributed by atoms with van der Waals surface area (Å²) in [5.41, 5.74) is 0.403. The van der Waals surface area contributed by atoms with E-state index in [1.165, 1.54) is 18.3 Å². The van der Waals surface area contributed by atoms with Gasteiger partial charge in [0.2, 0.25) is 0 Å². The average Bonchev–Trinajstić information content (AvgIpc) is 2.51. The zero-order valence-corrected chi connectivity index (χ0v) is 12.6. The van der Waals surface area contributed by atoms with Gasteiger partial charge >= 0.3 is 11.8 Å². The maximum absolute atomic E-state index is 11.8. The highest BCUT2D eigenvalue weighted by Gasteiger charge is 2.18. The van der Waals surface area contributed by atoms with Crippen LogP contribution in [0.1, 0.15) is 5.56 Å². The summed E-state index contributed by atoms with van der Waals surface area (Å²) in [5, 5.41) is 15.3. The number of carbonyl (C=O) groups is 2. The number of aromatic nitrogens is 1. The highest BCUT2D eigenvalue weighted by atomic mass is 35.5. The third kappa shape index (κ3) is 4.01. The summed E-state index contributed by atoms with van der Waals surface area (Å²) in [5.74, 6) is -1.66. The number of benzene rings is 1. The van der Waals surface area contributed by atoms with Gasteiger partial charge in [-0.25, -0.2) is 4.98 Å². The fourth-order valence-electron chi connectivity index (χ4n) is 1.70. The van der Waals surface area contributed by atoms with E-state index in [0.717, 1.165) is 6.07 Å². The van der Waals surface area contributed by atoms with Crippen LogP contribution >= 0.6 is 11.6 Å². The molecule has 1 aromatic carbocycles. The molecule has 0 aliphatic rings. The van der Waals surface area contributed by atoms with Crippen LogP contribution in [0.15, 0.2) is 36.5 Å². The second-order valence-corrected chi connectivity index (χ2v) is 4.91. The van der Waals surface area contributed by atoms with Gasteiger partial charge in [-0.05, 0) is 30.7 Å². The lowest BCUT2D eigenvalue weighted by Crippen LogP contribution is -2.29. The van der Waals surface area contributed by atoms with E-state index in [9.17, 15) is 19.7 Å². The lowest BCUT2D eigenvalue weighted by molar-refractivity contribution is -0.384. The molecule has 0 aliphatic carbocycles. The van der Waals surface area contributed by atoms with Crippen LogP contribution in [-0.2, 0) is 9.59 Å². The third-order valence-corrected chi connectivity index (χ3v) is 3.17. The standard InChI is InChI=1S/C14H11ClN4O4/c1-8-3-2-6-16-12(8)18-14(21)13(20)17-9-4-5-10(15)11(7-9)19(22)23/h2-7H,1H3,(H,17,20)(H,16,18,21). The number of rotatable bonds is 3. The molecule has 0 aliphatic heterocycles.